The summed E-state index contributed by atoms with van der Waals surface area (Å²) in [5, 5.41) is 7.76. The van der Waals surface area contributed by atoms with Crippen LogP contribution >= 0.6 is 0 Å². The number of hydrogen-bond donors (Lipinski definition) is 0. The van der Waals surface area contributed by atoms with Gasteiger partial charge in [0.1, 0.15) is 0 Å². The molecule has 0 aliphatic carbocycles. The van der Waals surface area contributed by atoms with E-state index >= 15 is 0 Å². The SMILES string of the molecule is CCC(CC)c1c(C)ccc2cc(-c3nccc4c3ccc3cc(C(C)(C)C)ccc34)ccc12. The van der Waals surface area contributed by atoms with E-state index in [1.807, 2.05) is 6.20 Å². The Kier molecular flexibility index (Phi) is 5.68. The number of pyridine rings is 1. The lowest BCUT2D eigenvalue weighted by Gasteiger charge is -2.20. The molecule has 0 N–H and O–H groups in total. The largest absolute Gasteiger partial charge is 0.256 e. The van der Waals surface area contributed by atoms with Crippen LogP contribution in [0.25, 0.3) is 43.6 Å². The zero-order valence-electron chi connectivity index (χ0n) is 21.4. The van der Waals surface area contributed by atoms with Crippen molar-refractivity contribution in [2.75, 3.05) is 0 Å². The predicted molar refractivity (Wildman–Crippen MR) is 149 cm³/mol. The summed E-state index contributed by atoms with van der Waals surface area (Å²) in [6.45, 7) is 13.7. The molecule has 0 amide bonds. The third-order valence-corrected chi connectivity index (χ3v) is 7.57. The normalized spacial score (nSPS) is 12.3. The van der Waals surface area contributed by atoms with Crippen LogP contribution in [0.3, 0.4) is 0 Å². The lowest BCUT2D eigenvalue weighted by Crippen LogP contribution is -2.10. The summed E-state index contributed by atoms with van der Waals surface area (Å²) in [5.74, 6) is 0.606. The fraction of sp³-hybridized carbons (Fsp3) is 0.303. The van der Waals surface area contributed by atoms with Gasteiger partial charge in [0.2, 0.25) is 0 Å². The molecule has 0 bridgehead atoms. The molecule has 0 saturated heterocycles. The molecular weight excluding hydrogens is 410 g/mol. The summed E-state index contributed by atoms with van der Waals surface area (Å²) in [5.41, 5.74) is 6.67. The molecule has 4 aromatic carbocycles. The van der Waals surface area contributed by atoms with Crippen molar-refractivity contribution in [1.29, 1.82) is 0 Å². The van der Waals surface area contributed by atoms with E-state index in [0.29, 0.717) is 5.92 Å². The molecule has 0 spiro atoms. The van der Waals surface area contributed by atoms with Crippen molar-refractivity contribution in [3.63, 3.8) is 0 Å². The van der Waals surface area contributed by atoms with Crippen molar-refractivity contribution < 1.29 is 0 Å². The first kappa shape index (κ1) is 22.6. The van der Waals surface area contributed by atoms with Crippen LogP contribution in [0.2, 0.25) is 0 Å². The zero-order chi connectivity index (χ0) is 24.0. The fourth-order valence-electron chi connectivity index (χ4n) is 5.54. The number of nitrogens with zero attached hydrogens (tertiary/aromatic N) is 1. The van der Waals surface area contributed by atoms with Gasteiger partial charge in [-0.3, -0.25) is 4.98 Å². The molecular formula is C33H35N. The number of rotatable bonds is 4. The average Bonchev–Trinajstić information content (AvgIpc) is 2.84. The monoisotopic (exact) mass is 445 g/mol. The maximum absolute atomic E-state index is 4.86. The molecule has 172 valence electrons. The van der Waals surface area contributed by atoms with Gasteiger partial charge in [-0.2, -0.15) is 0 Å². The molecule has 0 saturated carbocycles. The summed E-state index contributed by atoms with van der Waals surface area (Å²) in [6.07, 6.45) is 4.31. The second-order valence-corrected chi connectivity index (χ2v) is 10.8. The number of benzene rings is 4. The standard InChI is InChI=1S/C33H35N/c1-7-22(8-2)31-21(3)9-10-23-19-25(12-14-28(23)31)32-30-15-11-24-20-26(33(4,5)6)13-16-27(24)29(30)17-18-34-32/h9-20,22H,7-8H2,1-6H3. The smallest absolute Gasteiger partial charge is 0.0780 e. The molecule has 0 unspecified atom stereocenters. The van der Waals surface area contributed by atoms with Crippen molar-refractivity contribution >= 4 is 32.3 Å². The molecule has 1 aromatic heterocycles. The van der Waals surface area contributed by atoms with Gasteiger partial charge in [-0.1, -0.05) is 89.2 Å². The third kappa shape index (κ3) is 3.78. The maximum atomic E-state index is 4.86. The Bertz CT molecular complexity index is 1510. The molecule has 0 aliphatic heterocycles. The van der Waals surface area contributed by atoms with Gasteiger partial charge in [-0.25, -0.2) is 0 Å². The molecule has 0 aliphatic rings. The Hall–Kier alpha value is -3.19. The summed E-state index contributed by atoms with van der Waals surface area (Å²) in [4.78, 5) is 4.86. The van der Waals surface area contributed by atoms with Crippen LogP contribution in [0, 0.1) is 6.92 Å². The van der Waals surface area contributed by atoms with Gasteiger partial charge in [0.15, 0.2) is 0 Å². The summed E-state index contributed by atoms with van der Waals surface area (Å²) in [7, 11) is 0. The lowest BCUT2D eigenvalue weighted by molar-refractivity contribution is 0.591. The van der Waals surface area contributed by atoms with Crippen LogP contribution in [0.5, 0.6) is 0 Å². The minimum Gasteiger partial charge on any atom is -0.256 e. The van der Waals surface area contributed by atoms with Crippen LogP contribution in [-0.4, -0.2) is 4.98 Å². The fourth-order valence-corrected chi connectivity index (χ4v) is 5.54. The highest BCUT2D eigenvalue weighted by Crippen LogP contribution is 2.37. The van der Waals surface area contributed by atoms with E-state index in [-0.39, 0.29) is 5.41 Å². The van der Waals surface area contributed by atoms with Crippen LogP contribution in [-0.2, 0) is 5.41 Å². The maximum Gasteiger partial charge on any atom is 0.0780 e. The van der Waals surface area contributed by atoms with Crippen molar-refractivity contribution in [2.45, 2.75) is 65.7 Å². The van der Waals surface area contributed by atoms with E-state index in [9.17, 15) is 0 Å². The van der Waals surface area contributed by atoms with Crippen LogP contribution in [0.15, 0.2) is 72.9 Å². The van der Waals surface area contributed by atoms with E-state index in [2.05, 4.69) is 108 Å². The van der Waals surface area contributed by atoms with E-state index < -0.39 is 0 Å². The van der Waals surface area contributed by atoms with Gasteiger partial charge in [0.25, 0.3) is 0 Å². The second kappa shape index (κ2) is 8.55. The van der Waals surface area contributed by atoms with Crippen molar-refractivity contribution in [1.82, 2.24) is 4.98 Å². The molecule has 5 aromatic rings. The molecule has 1 heteroatoms. The van der Waals surface area contributed by atoms with Crippen molar-refractivity contribution in [2.24, 2.45) is 0 Å². The first-order chi connectivity index (χ1) is 16.3. The molecule has 1 heterocycles. The quantitative estimate of drug-likeness (QED) is 0.251. The van der Waals surface area contributed by atoms with Crippen molar-refractivity contribution in [3.8, 4) is 11.3 Å². The molecule has 0 atom stereocenters. The van der Waals surface area contributed by atoms with E-state index in [4.69, 9.17) is 4.98 Å². The van der Waals surface area contributed by atoms with Gasteiger partial charge in [-0.15, -0.1) is 0 Å². The first-order valence-electron chi connectivity index (χ1n) is 12.7. The Morgan fingerprint density at radius 2 is 1.38 bits per heavy atom. The first-order valence-corrected chi connectivity index (χ1v) is 12.7. The zero-order valence-corrected chi connectivity index (χ0v) is 21.4. The summed E-state index contributed by atoms with van der Waals surface area (Å²) >= 11 is 0. The van der Waals surface area contributed by atoms with E-state index in [1.54, 1.807) is 0 Å². The van der Waals surface area contributed by atoms with Gasteiger partial charge < -0.3 is 0 Å². The summed E-state index contributed by atoms with van der Waals surface area (Å²) in [6, 6.07) is 25.0. The number of fused-ring (bicyclic) bond motifs is 4. The highest BCUT2D eigenvalue weighted by Gasteiger charge is 2.17. The molecule has 34 heavy (non-hydrogen) atoms. The highest BCUT2D eigenvalue weighted by atomic mass is 14.7. The Balaban J connectivity index is 1.69. The van der Waals surface area contributed by atoms with Gasteiger partial charge in [0, 0.05) is 17.1 Å². The molecule has 0 fully saturated rings. The Labute approximate surface area is 203 Å². The highest BCUT2D eigenvalue weighted by molar-refractivity contribution is 6.11. The Morgan fingerprint density at radius 3 is 2.12 bits per heavy atom. The van der Waals surface area contributed by atoms with Gasteiger partial charge in [0.05, 0.1) is 5.69 Å². The van der Waals surface area contributed by atoms with Gasteiger partial charge >= 0.3 is 0 Å². The number of aromatic nitrogens is 1. The molecule has 5 rings (SSSR count). The van der Waals surface area contributed by atoms with E-state index in [0.717, 1.165) is 5.69 Å². The average molecular weight is 446 g/mol. The molecule has 0 radical (unpaired) electrons. The minimum absolute atomic E-state index is 0.142. The van der Waals surface area contributed by atoms with Crippen LogP contribution in [0.4, 0.5) is 0 Å². The van der Waals surface area contributed by atoms with Crippen molar-refractivity contribution in [3.05, 3.63) is 89.6 Å². The predicted octanol–water partition coefficient (Wildman–Crippen LogP) is 9.72. The number of hydrogen-bond acceptors (Lipinski definition) is 1. The minimum atomic E-state index is 0.142. The Morgan fingerprint density at radius 1 is 0.706 bits per heavy atom. The third-order valence-electron chi connectivity index (χ3n) is 7.57. The van der Waals surface area contributed by atoms with Crippen LogP contribution < -0.4 is 0 Å². The van der Waals surface area contributed by atoms with Gasteiger partial charge in [-0.05, 0) is 86.9 Å². The number of aryl methyl sites for hydroxylation is 1. The summed E-state index contributed by atoms with van der Waals surface area (Å²) < 4.78 is 0. The molecule has 1 nitrogen and oxygen atoms in total. The lowest BCUT2D eigenvalue weighted by atomic mass is 9.85. The topological polar surface area (TPSA) is 12.9 Å². The van der Waals surface area contributed by atoms with Crippen LogP contribution in [0.1, 0.15) is 70.1 Å². The van der Waals surface area contributed by atoms with E-state index in [1.165, 1.54) is 67.4 Å². The second-order valence-electron chi connectivity index (χ2n) is 10.8.